The Hall–Kier alpha value is -0.830. The Kier molecular flexibility index (Phi) is 6.08. The summed E-state index contributed by atoms with van der Waals surface area (Å²) in [5, 5.41) is 8.26. The fourth-order valence-electron chi connectivity index (χ4n) is 3.58. The van der Waals surface area contributed by atoms with E-state index in [4.69, 9.17) is 0 Å². The van der Waals surface area contributed by atoms with Crippen LogP contribution in [0.5, 0.6) is 0 Å². The van der Waals surface area contributed by atoms with Crippen molar-refractivity contribution in [2.75, 3.05) is 6.54 Å². The number of nitrogens with one attached hydrogen (secondary N) is 1. The second-order valence-corrected chi connectivity index (χ2v) is 6.26. The zero-order valence-corrected chi connectivity index (χ0v) is 13.4. The maximum absolute atomic E-state index is 4.47. The molecule has 0 bridgehead atoms. The molecule has 1 N–H and O–H groups in total. The van der Waals surface area contributed by atoms with Crippen molar-refractivity contribution in [2.24, 2.45) is 11.8 Å². The SMILES string of the molecule is CCCNC(c1cnn(CC)c1)C1CCCC(CC)C1. The van der Waals surface area contributed by atoms with Crippen LogP contribution in [0.1, 0.15) is 70.9 Å². The number of aromatic nitrogens is 2. The van der Waals surface area contributed by atoms with E-state index in [2.05, 4.69) is 48.3 Å². The van der Waals surface area contributed by atoms with Crippen molar-refractivity contribution in [3.05, 3.63) is 18.0 Å². The minimum absolute atomic E-state index is 0.504. The van der Waals surface area contributed by atoms with Crippen LogP contribution in [0.3, 0.4) is 0 Å². The highest BCUT2D eigenvalue weighted by atomic mass is 15.3. The standard InChI is InChI=1S/C17H31N3/c1-4-10-18-17(16-12-19-20(6-3)13-16)15-9-7-8-14(5-2)11-15/h12-15,17-18H,4-11H2,1-3H3. The van der Waals surface area contributed by atoms with Gasteiger partial charge in [0.05, 0.1) is 6.20 Å². The van der Waals surface area contributed by atoms with Gasteiger partial charge in [-0.1, -0.05) is 33.1 Å². The fourth-order valence-corrected chi connectivity index (χ4v) is 3.58. The van der Waals surface area contributed by atoms with Crippen LogP contribution >= 0.6 is 0 Å². The van der Waals surface area contributed by atoms with E-state index < -0.39 is 0 Å². The number of rotatable bonds is 7. The van der Waals surface area contributed by atoms with E-state index in [9.17, 15) is 0 Å². The molecular weight excluding hydrogens is 246 g/mol. The minimum atomic E-state index is 0.504. The second-order valence-electron chi connectivity index (χ2n) is 6.26. The normalized spacial score (nSPS) is 24.8. The van der Waals surface area contributed by atoms with Crippen LogP contribution < -0.4 is 5.32 Å². The van der Waals surface area contributed by atoms with Crippen LogP contribution in [0.15, 0.2) is 12.4 Å². The van der Waals surface area contributed by atoms with Crippen LogP contribution in [0, 0.1) is 11.8 Å². The van der Waals surface area contributed by atoms with E-state index in [1.54, 1.807) is 0 Å². The fraction of sp³-hybridized carbons (Fsp3) is 0.824. The van der Waals surface area contributed by atoms with Crippen LogP contribution in [-0.4, -0.2) is 16.3 Å². The minimum Gasteiger partial charge on any atom is -0.310 e. The summed E-state index contributed by atoms with van der Waals surface area (Å²) < 4.78 is 2.05. The lowest BCUT2D eigenvalue weighted by atomic mass is 9.75. The molecule has 20 heavy (non-hydrogen) atoms. The predicted molar refractivity (Wildman–Crippen MR) is 84.7 cm³/mol. The van der Waals surface area contributed by atoms with Gasteiger partial charge in [0.25, 0.3) is 0 Å². The molecule has 0 amide bonds. The number of hydrogen-bond acceptors (Lipinski definition) is 2. The van der Waals surface area contributed by atoms with Gasteiger partial charge in [0.1, 0.15) is 0 Å². The van der Waals surface area contributed by atoms with Crippen LogP contribution in [-0.2, 0) is 6.54 Å². The highest BCUT2D eigenvalue weighted by Crippen LogP contribution is 2.38. The van der Waals surface area contributed by atoms with Gasteiger partial charge in [0.2, 0.25) is 0 Å². The molecule has 1 aromatic rings. The Morgan fingerprint density at radius 2 is 2.20 bits per heavy atom. The summed E-state index contributed by atoms with van der Waals surface area (Å²) in [4.78, 5) is 0. The first kappa shape index (κ1) is 15.6. The molecule has 1 aliphatic carbocycles. The number of hydrogen-bond donors (Lipinski definition) is 1. The van der Waals surface area contributed by atoms with Gasteiger partial charge in [-0.2, -0.15) is 5.10 Å². The third-order valence-electron chi connectivity index (χ3n) is 4.82. The topological polar surface area (TPSA) is 29.9 Å². The Morgan fingerprint density at radius 3 is 2.85 bits per heavy atom. The lowest BCUT2D eigenvalue weighted by Crippen LogP contribution is -2.32. The molecule has 1 aromatic heterocycles. The lowest BCUT2D eigenvalue weighted by molar-refractivity contribution is 0.209. The molecule has 2 rings (SSSR count). The van der Waals surface area contributed by atoms with Crippen molar-refractivity contribution < 1.29 is 0 Å². The Bertz CT molecular complexity index is 385. The van der Waals surface area contributed by atoms with Crippen molar-refractivity contribution in [3.8, 4) is 0 Å². The quantitative estimate of drug-likeness (QED) is 0.811. The summed E-state index contributed by atoms with van der Waals surface area (Å²) >= 11 is 0. The molecule has 0 spiro atoms. The average Bonchev–Trinajstić information content (AvgIpc) is 2.97. The predicted octanol–water partition coefficient (Wildman–Crippen LogP) is 4.16. The molecule has 1 heterocycles. The molecule has 1 saturated carbocycles. The third-order valence-corrected chi connectivity index (χ3v) is 4.82. The third kappa shape index (κ3) is 3.85. The molecule has 0 saturated heterocycles. The van der Waals surface area contributed by atoms with E-state index >= 15 is 0 Å². The highest BCUT2D eigenvalue weighted by Gasteiger charge is 2.29. The van der Waals surface area contributed by atoms with Gasteiger partial charge in [0, 0.05) is 24.3 Å². The van der Waals surface area contributed by atoms with Gasteiger partial charge in [-0.3, -0.25) is 4.68 Å². The maximum atomic E-state index is 4.47. The van der Waals surface area contributed by atoms with Crippen LogP contribution in [0.2, 0.25) is 0 Å². The Morgan fingerprint density at radius 1 is 1.35 bits per heavy atom. The van der Waals surface area contributed by atoms with E-state index in [1.165, 1.54) is 44.1 Å². The van der Waals surface area contributed by atoms with Crippen molar-refractivity contribution >= 4 is 0 Å². The highest BCUT2D eigenvalue weighted by molar-refractivity contribution is 5.12. The molecule has 0 radical (unpaired) electrons. The molecule has 0 aliphatic heterocycles. The second kappa shape index (κ2) is 7.82. The zero-order valence-electron chi connectivity index (χ0n) is 13.4. The summed E-state index contributed by atoms with van der Waals surface area (Å²) in [6.45, 7) is 8.81. The summed E-state index contributed by atoms with van der Waals surface area (Å²) in [6, 6.07) is 0.504. The number of aryl methyl sites for hydroxylation is 1. The molecule has 1 fully saturated rings. The van der Waals surface area contributed by atoms with Crippen molar-refractivity contribution in [1.82, 2.24) is 15.1 Å². The molecule has 114 valence electrons. The molecule has 3 atom stereocenters. The van der Waals surface area contributed by atoms with Gasteiger partial charge in [-0.05, 0) is 44.6 Å². The zero-order chi connectivity index (χ0) is 14.4. The Labute approximate surface area is 124 Å². The van der Waals surface area contributed by atoms with Gasteiger partial charge in [0.15, 0.2) is 0 Å². The van der Waals surface area contributed by atoms with E-state index in [-0.39, 0.29) is 0 Å². The summed E-state index contributed by atoms with van der Waals surface area (Å²) in [5.74, 6) is 1.72. The summed E-state index contributed by atoms with van der Waals surface area (Å²) in [6.07, 6.45) is 12.4. The molecule has 3 heteroatoms. The molecule has 3 unspecified atom stereocenters. The largest absolute Gasteiger partial charge is 0.310 e. The van der Waals surface area contributed by atoms with Gasteiger partial charge in [-0.15, -0.1) is 0 Å². The first-order chi connectivity index (χ1) is 9.78. The van der Waals surface area contributed by atoms with Gasteiger partial charge in [-0.25, -0.2) is 0 Å². The van der Waals surface area contributed by atoms with E-state index in [0.29, 0.717) is 6.04 Å². The Balaban J connectivity index is 2.09. The molecular formula is C17H31N3. The van der Waals surface area contributed by atoms with Crippen LogP contribution in [0.4, 0.5) is 0 Å². The monoisotopic (exact) mass is 277 g/mol. The van der Waals surface area contributed by atoms with Crippen molar-refractivity contribution in [3.63, 3.8) is 0 Å². The van der Waals surface area contributed by atoms with Crippen molar-refractivity contribution in [1.29, 1.82) is 0 Å². The smallest absolute Gasteiger partial charge is 0.0537 e. The first-order valence-corrected chi connectivity index (χ1v) is 8.54. The van der Waals surface area contributed by atoms with E-state index in [0.717, 1.165) is 24.9 Å². The number of nitrogens with zero attached hydrogens (tertiary/aromatic N) is 2. The van der Waals surface area contributed by atoms with Gasteiger partial charge < -0.3 is 5.32 Å². The molecule has 3 nitrogen and oxygen atoms in total. The van der Waals surface area contributed by atoms with Gasteiger partial charge >= 0.3 is 0 Å². The molecule has 1 aliphatic rings. The van der Waals surface area contributed by atoms with Crippen LogP contribution in [0.25, 0.3) is 0 Å². The van der Waals surface area contributed by atoms with Crippen molar-refractivity contribution in [2.45, 2.75) is 71.9 Å². The summed E-state index contributed by atoms with van der Waals surface area (Å²) in [5.41, 5.74) is 1.39. The summed E-state index contributed by atoms with van der Waals surface area (Å²) in [7, 11) is 0. The molecule has 0 aromatic carbocycles. The lowest BCUT2D eigenvalue weighted by Gasteiger charge is -2.34. The first-order valence-electron chi connectivity index (χ1n) is 8.54. The van der Waals surface area contributed by atoms with E-state index in [1.807, 2.05) is 0 Å². The average molecular weight is 277 g/mol. The maximum Gasteiger partial charge on any atom is 0.0537 e.